The number of hydrogen-bond donors (Lipinski definition) is 0. The van der Waals surface area contributed by atoms with Crippen LogP contribution in [0.1, 0.15) is 25.0 Å². The average molecular weight is 550 g/mol. The van der Waals surface area contributed by atoms with Crippen molar-refractivity contribution in [3.05, 3.63) is 59.7 Å². The quantitative estimate of drug-likeness (QED) is 0.207. The summed E-state index contributed by atoms with van der Waals surface area (Å²) < 4.78 is 100. The van der Waals surface area contributed by atoms with E-state index in [9.17, 15) is 31.1 Å². The number of alkyl halides is 6. The van der Waals surface area contributed by atoms with Gasteiger partial charge in [0.15, 0.2) is 19.3 Å². The number of carbonyl (C=O) groups excluding carboxylic acids is 1. The SMILES string of the molecule is CCOC(=O)C(Cc1ccc(OCC=Cc2cc(OCC(F)(F)F)cc(OCC(F)(F)F)c2)cc1)OCC. The number of hydrogen-bond acceptors (Lipinski definition) is 6. The van der Waals surface area contributed by atoms with Gasteiger partial charge in [-0.05, 0) is 55.3 Å². The van der Waals surface area contributed by atoms with Gasteiger partial charge in [-0.25, -0.2) is 4.79 Å². The lowest BCUT2D eigenvalue weighted by Gasteiger charge is -2.15. The molecule has 0 saturated carbocycles. The Balaban J connectivity index is 2.00. The molecule has 0 saturated heterocycles. The van der Waals surface area contributed by atoms with Crippen molar-refractivity contribution in [2.24, 2.45) is 0 Å². The topological polar surface area (TPSA) is 63.2 Å². The Bertz CT molecular complexity index is 998. The van der Waals surface area contributed by atoms with Crippen LogP contribution < -0.4 is 14.2 Å². The molecule has 0 radical (unpaired) electrons. The Morgan fingerprint density at radius 3 is 1.89 bits per heavy atom. The molecule has 0 bridgehead atoms. The van der Waals surface area contributed by atoms with Crippen molar-refractivity contribution in [2.45, 2.75) is 38.7 Å². The van der Waals surface area contributed by atoms with E-state index in [1.807, 2.05) is 0 Å². The smallest absolute Gasteiger partial charge is 0.422 e. The fraction of sp³-hybridized carbons (Fsp3) is 0.423. The Hall–Kier alpha value is -3.41. The van der Waals surface area contributed by atoms with Gasteiger partial charge in [-0.2, -0.15) is 26.3 Å². The normalized spacial score (nSPS) is 12.8. The second-order valence-corrected chi connectivity index (χ2v) is 7.80. The predicted octanol–water partition coefficient (Wildman–Crippen LogP) is 6.17. The largest absolute Gasteiger partial charge is 0.490 e. The number of ether oxygens (including phenoxy) is 5. The van der Waals surface area contributed by atoms with E-state index in [4.69, 9.17) is 14.2 Å². The van der Waals surface area contributed by atoms with Gasteiger partial charge in [-0.1, -0.05) is 18.2 Å². The van der Waals surface area contributed by atoms with Gasteiger partial charge in [-0.3, -0.25) is 0 Å². The van der Waals surface area contributed by atoms with Gasteiger partial charge in [0.25, 0.3) is 0 Å². The first kappa shape index (κ1) is 30.8. The van der Waals surface area contributed by atoms with E-state index < -0.39 is 37.6 Å². The summed E-state index contributed by atoms with van der Waals surface area (Å²) in [5.74, 6) is -0.545. The van der Waals surface area contributed by atoms with Crippen molar-refractivity contribution in [1.29, 1.82) is 0 Å². The molecule has 0 spiro atoms. The fourth-order valence-corrected chi connectivity index (χ4v) is 3.10. The zero-order valence-corrected chi connectivity index (χ0v) is 20.7. The third-order valence-electron chi connectivity index (χ3n) is 4.63. The summed E-state index contributed by atoms with van der Waals surface area (Å²) in [7, 11) is 0. The molecule has 0 aliphatic rings. The molecule has 6 nitrogen and oxygen atoms in total. The summed E-state index contributed by atoms with van der Waals surface area (Å²) in [6.45, 7) is 0.918. The third kappa shape index (κ3) is 12.2. The van der Waals surface area contributed by atoms with Gasteiger partial charge in [0.05, 0.1) is 6.61 Å². The summed E-state index contributed by atoms with van der Waals surface area (Å²) in [6, 6.07) is 10.3. The summed E-state index contributed by atoms with van der Waals surface area (Å²) in [5, 5.41) is 0. The maximum absolute atomic E-state index is 12.5. The Kier molecular flexibility index (Phi) is 11.8. The molecule has 1 atom stereocenters. The first-order valence-corrected chi connectivity index (χ1v) is 11.6. The predicted molar refractivity (Wildman–Crippen MR) is 126 cm³/mol. The molecule has 2 aromatic carbocycles. The molecular weight excluding hydrogens is 522 g/mol. The first-order valence-electron chi connectivity index (χ1n) is 11.6. The number of esters is 1. The van der Waals surface area contributed by atoms with Crippen LogP contribution in [0.4, 0.5) is 26.3 Å². The molecule has 1 unspecified atom stereocenters. The van der Waals surface area contributed by atoms with Gasteiger partial charge in [-0.15, -0.1) is 0 Å². The number of rotatable bonds is 14. The first-order chi connectivity index (χ1) is 17.9. The van der Waals surface area contributed by atoms with E-state index in [1.165, 1.54) is 24.3 Å². The fourth-order valence-electron chi connectivity index (χ4n) is 3.10. The molecule has 0 fully saturated rings. The minimum atomic E-state index is -4.62. The number of benzene rings is 2. The summed E-state index contributed by atoms with van der Waals surface area (Å²) in [5.41, 5.74) is 1.07. The Labute approximate surface area is 216 Å². The lowest BCUT2D eigenvalue weighted by atomic mass is 10.1. The summed E-state index contributed by atoms with van der Waals surface area (Å²) in [4.78, 5) is 12.0. The van der Waals surface area contributed by atoms with Crippen LogP contribution in [-0.2, 0) is 20.7 Å². The molecule has 2 aromatic rings. The molecule has 0 amide bonds. The Morgan fingerprint density at radius 2 is 1.39 bits per heavy atom. The minimum Gasteiger partial charge on any atom is -0.490 e. The van der Waals surface area contributed by atoms with E-state index in [0.717, 1.165) is 11.6 Å². The van der Waals surface area contributed by atoms with Gasteiger partial charge >= 0.3 is 18.3 Å². The third-order valence-corrected chi connectivity index (χ3v) is 4.63. The van der Waals surface area contributed by atoms with Crippen molar-refractivity contribution >= 4 is 12.0 Å². The second kappa shape index (κ2) is 14.5. The van der Waals surface area contributed by atoms with Crippen LogP contribution in [0.3, 0.4) is 0 Å². The van der Waals surface area contributed by atoms with Crippen LogP contribution in [0.5, 0.6) is 17.2 Å². The molecule has 0 aliphatic heterocycles. The molecular formula is C26H28F6O6. The van der Waals surface area contributed by atoms with Gasteiger partial charge in [0.1, 0.15) is 23.9 Å². The van der Waals surface area contributed by atoms with E-state index in [2.05, 4.69) is 9.47 Å². The van der Waals surface area contributed by atoms with Crippen molar-refractivity contribution in [3.63, 3.8) is 0 Å². The maximum Gasteiger partial charge on any atom is 0.422 e. The highest BCUT2D eigenvalue weighted by atomic mass is 19.4. The molecule has 2 rings (SSSR count). The van der Waals surface area contributed by atoms with Crippen LogP contribution in [0.2, 0.25) is 0 Å². The van der Waals surface area contributed by atoms with E-state index in [-0.39, 0.29) is 30.3 Å². The summed E-state index contributed by atoms with van der Waals surface area (Å²) >= 11 is 0. The number of carbonyl (C=O) groups is 1. The second-order valence-electron chi connectivity index (χ2n) is 7.80. The highest BCUT2D eigenvalue weighted by Gasteiger charge is 2.30. The molecule has 210 valence electrons. The molecule has 12 heteroatoms. The lowest BCUT2D eigenvalue weighted by molar-refractivity contribution is -0.156. The van der Waals surface area contributed by atoms with Crippen molar-refractivity contribution in [1.82, 2.24) is 0 Å². The van der Waals surface area contributed by atoms with Gasteiger partial charge < -0.3 is 23.7 Å². The lowest BCUT2D eigenvalue weighted by Crippen LogP contribution is -2.28. The average Bonchev–Trinajstić information content (AvgIpc) is 2.84. The monoisotopic (exact) mass is 550 g/mol. The van der Waals surface area contributed by atoms with E-state index >= 15 is 0 Å². The van der Waals surface area contributed by atoms with Crippen LogP contribution in [-0.4, -0.2) is 57.5 Å². The van der Waals surface area contributed by atoms with Crippen molar-refractivity contribution in [3.8, 4) is 17.2 Å². The highest BCUT2D eigenvalue weighted by molar-refractivity contribution is 5.75. The van der Waals surface area contributed by atoms with Gasteiger partial charge in [0, 0.05) is 19.1 Å². The van der Waals surface area contributed by atoms with Crippen LogP contribution >= 0.6 is 0 Å². The van der Waals surface area contributed by atoms with Gasteiger partial charge in [0.2, 0.25) is 0 Å². The van der Waals surface area contributed by atoms with Crippen LogP contribution in [0.15, 0.2) is 48.5 Å². The molecule has 0 heterocycles. The Morgan fingerprint density at radius 1 is 0.816 bits per heavy atom. The molecule has 0 aliphatic carbocycles. The highest BCUT2D eigenvalue weighted by Crippen LogP contribution is 2.27. The zero-order chi connectivity index (χ0) is 28.2. The molecule has 38 heavy (non-hydrogen) atoms. The van der Waals surface area contributed by atoms with E-state index in [1.54, 1.807) is 38.1 Å². The standard InChI is InChI=1S/C26H28F6O6/c1-3-34-23(24(33)35-4-2)14-18-7-9-20(10-8-18)36-11-5-6-19-12-21(37-16-25(27,28)29)15-22(13-19)38-17-26(30,31)32/h5-10,12-13,15,23H,3-4,11,14,16-17H2,1-2H3. The maximum atomic E-state index is 12.5. The number of halogens is 6. The zero-order valence-electron chi connectivity index (χ0n) is 20.7. The van der Waals surface area contributed by atoms with Crippen molar-refractivity contribution < 1.29 is 54.8 Å². The van der Waals surface area contributed by atoms with E-state index in [0.29, 0.717) is 18.8 Å². The summed E-state index contributed by atoms with van der Waals surface area (Å²) in [6.07, 6.45) is -6.68. The molecule has 0 aromatic heterocycles. The minimum absolute atomic E-state index is 0.0517. The van der Waals surface area contributed by atoms with Crippen molar-refractivity contribution in [2.75, 3.05) is 33.0 Å². The van der Waals surface area contributed by atoms with Crippen LogP contribution in [0, 0.1) is 0 Å². The van der Waals surface area contributed by atoms with Crippen LogP contribution in [0.25, 0.3) is 6.08 Å². The molecule has 0 N–H and O–H groups in total.